The Labute approximate surface area is 184 Å². The van der Waals surface area contributed by atoms with Crippen LogP contribution in [0.25, 0.3) is 0 Å². The van der Waals surface area contributed by atoms with Crippen LogP contribution >= 0.6 is 22.6 Å². The molecule has 0 amide bonds. The highest BCUT2D eigenvalue weighted by Gasteiger charge is 2.39. The Morgan fingerprint density at radius 3 is 2.79 bits per heavy atom. The van der Waals surface area contributed by atoms with Gasteiger partial charge in [-0.2, -0.15) is 5.26 Å². The summed E-state index contributed by atoms with van der Waals surface area (Å²) < 4.78 is 12.3. The van der Waals surface area contributed by atoms with E-state index in [0.29, 0.717) is 41.5 Å². The van der Waals surface area contributed by atoms with Crippen molar-refractivity contribution in [3.8, 4) is 29.9 Å². The van der Waals surface area contributed by atoms with Gasteiger partial charge < -0.3 is 20.1 Å². The Kier molecular flexibility index (Phi) is 6.39. The highest BCUT2D eigenvalue weighted by molar-refractivity contribution is 14.1. The van der Waals surface area contributed by atoms with E-state index in [0.717, 1.165) is 27.7 Å². The number of benzene rings is 1. The molecule has 1 aromatic rings. The molecule has 3 rings (SSSR count). The van der Waals surface area contributed by atoms with E-state index in [2.05, 4.69) is 34.6 Å². The molecule has 29 heavy (non-hydrogen) atoms. The van der Waals surface area contributed by atoms with E-state index >= 15 is 0 Å². The molecule has 1 aromatic carbocycles. The predicted octanol–water partition coefficient (Wildman–Crippen LogP) is 3.43. The van der Waals surface area contributed by atoms with Crippen molar-refractivity contribution in [1.82, 2.24) is 4.90 Å². The van der Waals surface area contributed by atoms with Crippen LogP contribution in [0.5, 0.6) is 11.5 Å². The van der Waals surface area contributed by atoms with Crippen LogP contribution < -0.4 is 15.2 Å². The van der Waals surface area contributed by atoms with Crippen molar-refractivity contribution in [2.24, 2.45) is 5.73 Å². The summed E-state index contributed by atoms with van der Waals surface area (Å²) in [6, 6.07) is 5.96. The Bertz CT molecular complexity index is 998. The maximum absolute atomic E-state index is 12.9. The van der Waals surface area contributed by atoms with Crippen molar-refractivity contribution in [3.05, 3.63) is 43.9 Å². The molecule has 0 radical (unpaired) electrons. The monoisotopic (exact) mass is 503 g/mol. The number of hydrogen-bond acceptors (Lipinski definition) is 6. The number of ether oxygens (including phenoxy) is 2. The lowest BCUT2D eigenvalue weighted by molar-refractivity contribution is -0.116. The van der Waals surface area contributed by atoms with Gasteiger partial charge in [0.05, 0.1) is 27.7 Å². The smallest absolute Gasteiger partial charge is 0.175 e. The first kappa shape index (κ1) is 21.1. The van der Waals surface area contributed by atoms with Crippen LogP contribution in [0.3, 0.4) is 0 Å². The van der Waals surface area contributed by atoms with E-state index < -0.39 is 5.92 Å². The molecular weight excluding hydrogens is 481 g/mol. The fourth-order valence-corrected chi connectivity index (χ4v) is 4.65. The Morgan fingerprint density at radius 1 is 1.38 bits per heavy atom. The molecule has 0 unspecified atom stereocenters. The molecule has 1 aliphatic heterocycles. The van der Waals surface area contributed by atoms with Gasteiger partial charge in [0.25, 0.3) is 0 Å². The fraction of sp³-hybridized carbons (Fsp3) is 0.364. The average molecular weight is 503 g/mol. The molecular formula is C22H22IN3O3. The number of nitriles is 1. The molecule has 0 saturated heterocycles. The molecule has 2 N–H and O–H groups in total. The zero-order valence-corrected chi connectivity index (χ0v) is 18.6. The van der Waals surface area contributed by atoms with Gasteiger partial charge in [-0.3, -0.25) is 4.79 Å². The summed E-state index contributed by atoms with van der Waals surface area (Å²) in [6.45, 7) is 2.44. The van der Waals surface area contributed by atoms with Crippen LogP contribution in [-0.2, 0) is 4.79 Å². The largest absolute Gasteiger partial charge is 0.490 e. The third kappa shape index (κ3) is 3.79. The second kappa shape index (κ2) is 8.79. The zero-order chi connectivity index (χ0) is 21.1. The molecule has 0 saturated carbocycles. The highest BCUT2D eigenvalue weighted by atomic mass is 127. The SMILES string of the molecule is C#CCOc1c(I)cc([C@@H]2C(C#N)=C(N)N(C)C3=C2C(=O)CCC3)cc1OCC. The standard InChI is InChI=1S/C22H22IN3O3/c1-4-9-29-21-15(23)10-13(11-18(21)28-5-2)19-14(12-24)22(25)26(3)16-7-6-8-17(27)20(16)19/h1,10-11,19H,5-9,25H2,2-3H3/t19-/m1/s1. The minimum absolute atomic E-state index is 0.0592. The first-order valence-electron chi connectivity index (χ1n) is 9.36. The van der Waals surface area contributed by atoms with E-state index in [1.165, 1.54) is 0 Å². The number of terminal acetylenes is 1. The number of ketones is 1. The van der Waals surface area contributed by atoms with Crippen molar-refractivity contribution in [2.45, 2.75) is 32.1 Å². The van der Waals surface area contributed by atoms with Gasteiger partial charge in [-0.05, 0) is 60.1 Å². The number of carbonyl (C=O) groups excluding carboxylic acids is 1. The number of hydrogen-bond donors (Lipinski definition) is 1. The molecule has 0 fully saturated rings. The van der Waals surface area contributed by atoms with Crippen molar-refractivity contribution in [2.75, 3.05) is 20.3 Å². The van der Waals surface area contributed by atoms with Crippen LogP contribution in [0.2, 0.25) is 0 Å². The summed E-state index contributed by atoms with van der Waals surface area (Å²) in [5.41, 5.74) is 9.00. The van der Waals surface area contributed by atoms with E-state index in [1.807, 2.05) is 26.1 Å². The summed E-state index contributed by atoms with van der Waals surface area (Å²) in [5, 5.41) is 9.87. The van der Waals surface area contributed by atoms with Gasteiger partial charge in [0.2, 0.25) is 0 Å². The fourth-order valence-electron chi connectivity index (χ4n) is 3.87. The molecule has 1 atom stereocenters. The van der Waals surface area contributed by atoms with Crippen LogP contribution in [0, 0.1) is 27.2 Å². The summed E-state index contributed by atoms with van der Waals surface area (Å²) in [7, 11) is 1.81. The van der Waals surface area contributed by atoms with Crippen molar-refractivity contribution < 1.29 is 14.3 Å². The number of halogens is 1. The van der Waals surface area contributed by atoms with Crippen molar-refractivity contribution in [3.63, 3.8) is 0 Å². The number of carbonyl (C=O) groups is 1. The second-order valence-electron chi connectivity index (χ2n) is 6.80. The first-order valence-corrected chi connectivity index (χ1v) is 10.4. The quantitative estimate of drug-likeness (QED) is 0.490. The van der Waals surface area contributed by atoms with E-state index in [1.54, 1.807) is 4.90 Å². The second-order valence-corrected chi connectivity index (χ2v) is 7.96. The number of allylic oxidation sites excluding steroid dienone is 3. The van der Waals surface area contributed by atoms with E-state index in [4.69, 9.17) is 21.6 Å². The van der Waals surface area contributed by atoms with Gasteiger partial charge in [-0.15, -0.1) is 6.42 Å². The number of Topliss-reactive ketones (excluding diaryl/α,β-unsaturated/α-hetero) is 1. The van der Waals surface area contributed by atoms with Gasteiger partial charge in [0, 0.05) is 24.7 Å². The minimum Gasteiger partial charge on any atom is -0.490 e. The normalized spacial score (nSPS) is 18.9. The molecule has 0 bridgehead atoms. The predicted molar refractivity (Wildman–Crippen MR) is 118 cm³/mol. The molecule has 150 valence electrons. The Morgan fingerprint density at radius 2 is 2.14 bits per heavy atom. The van der Waals surface area contributed by atoms with Gasteiger partial charge in [-0.1, -0.05) is 5.92 Å². The molecule has 6 nitrogen and oxygen atoms in total. The summed E-state index contributed by atoms with van der Waals surface area (Å²) in [5.74, 6) is 3.46. The molecule has 7 heteroatoms. The average Bonchev–Trinajstić information content (AvgIpc) is 2.70. The molecule has 2 aliphatic rings. The summed E-state index contributed by atoms with van der Waals surface area (Å²) in [4.78, 5) is 14.7. The first-order chi connectivity index (χ1) is 13.9. The lowest BCUT2D eigenvalue weighted by Gasteiger charge is -2.37. The van der Waals surface area contributed by atoms with Crippen LogP contribution in [0.1, 0.15) is 37.7 Å². The number of nitrogens with two attached hydrogens (primary N) is 1. The lowest BCUT2D eigenvalue weighted by atomic mass is 9.76. The van der Waals surface area contributed by atoms with Crippen LogP contribution in [0.15, 0.2) is 34.8 Å². The van der Waals surface area contributed by atoms with Gasteiger partial charge in [0.1, 0.15) is 12.4 Å². The summed E-state index contributed by atoms with van der Waals surface area (Å²) in [6.07, 6.45) is 7.34. The number of nitrogens with zero attached hydrogens (tertiary/aromatic N) is 2. The minimum atomic E-state index is -0.520. The lowest BCUT2D eigenvalue weighted by Crippen LogP contribution is -2.36. The molecule has 1 aliphatic carbocycles. The molecule has 1 heterocycles. The third-order valence-corrected chi connectivity index (χ3v) is 5.93. The zero-order valence-electron chi connectivity index (χ0n) is 16.4. The van der Waals surface area contributed by atoms with Crippen molar-refractivity contribution in [1.29, 1.82) is 5.26 Å². The highest BCUT2D eigenvalue weighted by Crippen LogP contribution is 2.46. The summed E-state index contributed by atoms with van der Waals surface area (Å²) >= 11 is 2.15. The molecule has 0 spiro atoms. The number of rotatable bonds is 5. The Balaban J connectivity index is 2.21. The maximum Gasteiger partial charge on any atom is 0.175 e. The van der Waals surface area contributed by atoms with E-state index in [-0.39, 0.29) is 12.4 Å². The van der Waals surface area contributed by atoms with Gasteiger partial charge in [0.15, 0.2) is 17.3 Å². The van der Waals surface area contributed by atoms with Crippen LogP contribution in [-0.4, -0.2) is 30.9 Å². The Hall–Kier alpha value is -2.65. The van der Waals surface area contributed by atoms with E-state index in [9.17, 15) is 10.1 Å². The van der Waals surface area contributed by atoms with Crippen LogP contribution in [0.4, 0.5) is 0 Å². The maximum atomic E-state index is 12.9. The van der Waals surface area contributed by atoms with Gasteiger partial charge in [-0.25, -0.2) is 0 Å². The topological polar surface area (TPSA) is 88.6 Å². The van der Waals surface area contributed by atoms with Crippen molar-refractivity contribution >= 4 is 28.4 Å². The third-order valence-electron chi connectivity index (χ3n) is 5.13. The molecule has 0 aromatic heterocycles. The van der Waals surface area contributed by atoms with Gasteiger partial charge >= 0.3 is 0 Å².